The van der Waals surface area contributed by atoms with Gasteiger partial charge in [0, 0.05) is 57.2 Å². The zero-order chi connectivity index (χ0) is 30.5. The molecule has 2 aromatic carbocycles. The van der Waals surface area contributed by atoms with Gasteiger partial charge in [0.2, 0.25) is 10.0 Å². The van der Waals surface area contributed by atoms with E-state index in [4.69, 9.17) is 0 Å². The van der Waals surface area contributed by atoms with Gasteiger partial charge in [0.15, 0.2) is 0 Å². The van der Waals surface area contributed by atoms with E-state index in [2.05, 4.69) is 56.1 Å². The van der Waals surface area contributed by atoms with E-state index in [0.29, 0.717) is 23.7 Å². The van der Waals surface area contributed by atoms with E-state index in [1.54, 1.807) is 17.4 Å². The summed E-state index contributed by atoms with van der Waals surface area (Å²) in [6.45, 7) is 5.33. The van der Waals surface area contributed by atoms with Crippen molar-refractivity contribution in [3.05, 3.63) is 98.4 Å². The Kier molecular flexibility index (Phi) is 9.68. The predicted octanol–water partition coefficient (Wildman–Crippen LogP) is 5.35. The minimum atomic E-state index is -3.94. The van der Waals surface area contributed by atoms with Gasteiger partial charge in [-0.1, -0.05) is 36.4 Å². The van der Waals surface area contributed by atoms with Crippen molar-refractivity contribution in [2.75, 3.05) is 56.1 Å². The fraction of sp³-hybridized carbons (Fsp3) is 0.364. The number of nitrogens with one attached hydrogen (secondary N) is 2. The number of benzene rings is 2. The fourth-order valence-electron chi connectivity index (χ4n) is 6.02. The van der Waals surface area contributed by atoms with Gasteiger partial charge in [-0.25, -0.2) is 13.1 Å². The van der Waals surface area contributed by atoms with Gasteiger partial charge >= 0.3 is 0 Å². The minimum absolute atomic E-state index is 0.158. The van der Waals surface area contributed by atoms with E-state index in [9.17, 15) is 13.2 Å². The third kappa shape index (κ3) is 7.18. The maximum absolute atomic E-state index is 14.0. The van der Waals surface area contributed by atoms with Crippen LogP contribution in [0.25, 0.3) is 0 Å². The summed E-state index contributed by atoms with van der Waals surface area (Å²) in [5, 5.41) is 8.98. The molecule has 0 spiro atoms. The SMILES string of the molecule is CN1CCN(c2cc(N3CCC(c4ccccc4)CC3)c(S(=O)(=O)NCc3cccs3)cc2C(=O)NCc2ccsc2)CC1. The standard InChI is InChI=1S/C33H39N5O3S3/c1-36-14-16-38(17-15-36)30-21-31(37-12-9-27(10-13-37)26-6-3-2-4-7-26)32(44(40,41)35-23-28-8-5-18-43-28)20-29(30)33(39)34-22-25-11-19-42-24-25/h2-8,11,18-21,24,27,35H,9-10,12-17,22-23H2,1H3,(H,34,39). The Labute approximate surface area is 268 Å². The van der Waals surface area contributed by atoms with Crippen molar-refractivity contribution in [3.8, 4) is 0 Å². The lowest BCUT2D eigenvalue weighted by molar-refractivity contribution is 0.0951. The molecule has 2 aromatic heterocycles. The number of carbonyl (C=O) groups excluding carboxylic acids is 1. The van der Waals surface area contributed by atoms with Crippen LogP contribution in [0.5, 0.6) is 0 Å². The molecule has 0 unspecified atom stereocenters. The van der Waals surface area contributed by atoms with Crippen molar-refractivity contribution < 1.29 is 13.2 Å². The van der Waals surface area contributed by atoms with Crippen LogP contribution in [0.15, 0.2) is 81.7 Å². The quantitative estimate of drug-likeness (QED) is 0.241. The molecule has 0 radical (unpaired) electrons. The number of hydrogen-bond donors (Lipinski definition) is 2. The van der Waals surface area contributed by atoms with Gasteiger partial charge in [0.05, 0.1) is 16.9 Å². The van der Waals surface area contributed by atoms with E-state index in [0.717, 1.165) is 68.2 Å². The highest BCUT2D eigenvalue weighted by Crippen LogP contribution is 2.38. The van der Waals surface area contributed by atoms with Crippen LogP contribution in [-0.2, 0) is 23.1 Å². The monoisotopic (exact) mass is 649 g/mol. The summed E-state index contributed by atoms with van der Waals surface area (Å²) in [6.07, 6.45) is 1.86. The smallest absolute Gasteiger partial charge is 0.253 e. The highest BCUT2D eigenvalue weighted by atomic mass is 32.2. The van der Waals surface area contributed by atoms with Gasteiger partial charge in [0.25, 0.3) is 5.91 Å². The average Bonchev–Trinajstić information content (AvgIpc) is 3.78. The average molecular weight is 650 g/mol. The zero-order valence-electron chi connectivity index (χ0n) is 24.9. The first-order chi connectivity index (χ1) is 21.4. The molecular formula is C33H39N5O3S3. The maximum Gasteiger partial charge on any atom is 0.253 e. The van der Waals surface area contributed by atoms with Gasteiger partial charge in [-0.2, -0.15) is 11.3 Å². The van der Waals surface area contributed by atoms with Gasteiger partial charge < -0.3 is 20.0 Å². The summed E-state index contributed by atoms with van der Waals surface area (Å²) >= 11 is 3.10. The van der Waals surface area contributed by atoms with Crippen LogP contribution < -0.4 is 19.8 Å². The van der Waals surface area contributed by atoms with Crippen molar-refractivity contribution in [2.45, 2.75) is 36.7 Å². The Balaban J connectivity index is 1.37. The van der Waals surface area contributed by atoms with E-state index in [1.165, 1.54) is 16.9 Å². The van der Waals surface area contributed by atoms with Crippen LogP contribution in [0.3, 0.4) is 0 Å². The molecule has 4 aromatic rings. The molecular weight excluding hydrogens is 611 g/mol. The number of rotatable bonds is 10. The lowest BCUT2D eigenvalue weighted by atomic mass is 9.89. The molecule has 0 saturated carbocycles. The van der Waals surface area contributed by atoms with Crippen LogP contribution in [0.4, 0.5) is 11.4 Å². The molecule has 2 aliphatic heterocycles. The summed E-state index contributed by atoms with van der Waals surface area (Å²) in [4.78, 5) is 21.6. The van der Waals surface area contributed by atoms with Crippen LogP contribution >= 0.6 is 22.7 Å². The molecule has 11 heteroatoms. The molecule has 44 heavy (non-hydrogen) atoms. The molecule has 1 amide bonds. The largest absolute Gasteiger partial charge is 0.370 e. The highest BCUT2D eigenvalue weighted by molar-refractivity contribution is 7.89. The molecule has 0 bridgehead atoms. The Morgan fingerprint density at radius 3 is 2.30 bits per heavy atom. The molecule has 232 valence electrons. The molecule has 6 rings (SSSR count). The summed E-state index contributed by atoms with van der Waals surface area (Å²) in [6, 6.07) is 20.0. The van der Waals surface area contributed by atoms with Crippen molar-refractivity contribution in [1.29, 1.82) is 0 Å². The second kappa shape index (κ2) is 13.8. The summed E-state index contributed by atoms with van der Waals surface area (Å²) < 4.78 is 30.9. The maximum atomic E-state index is 14.0. The molecule has 8 nitrogen and oxygen atoms in total. The first kappa shape index (κ1) is 30.8. The highest BCUT2D eigenvalue weighted by Gasteiger charge is 2.31. The van der Waals surface area contributed by atoms with E-state index in [-0.39, 0.29) is 17.3 Å². The minimum Gasteiger partial charge on any atom is -0.370 e. The zero-order valence-corrected chi connectivity index (χ0v) is 27.4. The third-order valence-electron chi connectivity index (χ3n) is 8.61. The van der Waals surface area contributed by atoms with Crippen molar-refractivity contribution in [1.82, 2.24) is 14.9 Å². The summed E-state index contributed by atoms with van der Waals surface area (Å²) in [5.41, 5.74) is 4.20. The number of hydrogen-bond acceptors (Lipinski definition) is 8. The normalized spacial score (nSPS) is 16.8. The number of carbonyl (C=O) groups is 1. The number of nitrogens with zero attached hydrogens (tertiary/aromatic N) is 3. The second-order valence-corrected chi connectivity index (χ2v) is 15.1. The molecule has 4 heterocycles. The van der Waals surface area contributed by atoms with E-state index < -0.39 is 10.0 Å². The third-order valence-corrected chi connectivity index (χ3v) is 11.7. The summed E-state index contributed by atoms with van der Waals surface area (Å²) in [7, 11) is -1.84. The lowest BCUT2D eigenvalue weighted by Gasteiger charge is -2.38. The van der Waals surface area contributed by atoms with Gasteiger partial charge in [0.1, 0.15) is 4.90 Å². The van der Waals surface area contributed by atoms with Crippen molar-refractivity contribution in [3.63, 3.8) is 0 Å². The fourth-order valence-corrected chi connectivity index (χ4v) is 8.66. The Morgan fingerprint density at radius 1 is 0.864 bits per heavy atom. The number of thiophene rings is 2. The second-order valence-electron chi connectivity index (χ2n) is 11.5. The number of likely N-dealkylation sites (N-methyl/N-ethyl adjacent to an activating group) is 1. The van der Waals surface area contributed by atoms with Gasteiger partial charge in [-0.3, -0.25) is 4.79 Å². The van der Waals surface area contributed by atoms with Gasteiger partial charge in [-0.05, 0) is 77.3 Å². The Hall–Kier alpha value is -3.22. The molecule has 2 fully saturated rings. The number of amides is 1. The number of piperidine rings is 1. The van der Waals surface area contributed by atoms with Crippen molar-refractivity contribution >= 4 is 50.0 Å². The predicted molar refractivity (Wildman–Crippen MR) is 181 cm³/mol. The topological polar surface area (TPSA) is 85.0 Å². The molecule has 2 N–H and O–H groups in total. The Morgan fingerprint density at radius 2 is 1.61 bits per heavy atom. The van der Waals surface area contributed by atoms with Crippen LogP contribution in [0.1, 0.15) is 45.1 Å². The first-order valence-electron chi connectivity index (χ1n) is 15.1. The molecule has 0 atom stereocenters. The first-order valence-corrected chi connectivity index (χ1v) is 18.4. The molecule has 2 aliphatic rings. The van der Waals surface area contributed by atoms with E-state index >= 15 is 0 Å². The van der Waals surface area contributed by atoms with Crippen molar-refractivity contribution in [2.24, 2.45) is 0 Å². The van der Waals surface area contributed by atoms with Crippen LogP contribution in [0, 0.1) is 0 Å². The van der Waals surface area contributed by atoms with E-state index in [1.807, 2.05) is 46.5 Å². The van der Waals surface area contributed by atoms with Crippen LogP contribution in [-0.4, -0.2) is 65.5 Å². The molecule has 2 saturated heterocycles. The number of anilines is 2. The van der Waals surface area contributed by atoms with Crippen LogP contribution in [0.2, 0.25) is 0 Å². The summed E-state index contributed by atoms with van der Waals surface area (Å²) in [5.74, 6) is 0.165. The van der Waals surface area contributed by atoms with Gasteiger partial charge in [-0.15, -0.1) is 11.3 Å². The number of sulfonamides is 1. The Bertz CT molecular complexity index is 1630. The lowest BCUT2D eigenvalue weighted by Crippen LogP contribution is -2.45. The number of piperazine rings is 1. The molecule has 0 aliphatic carbocycles.